The van der Waals surface area contributed by atoms with Crippen molar-refractivity contribution in [3.63, 3.8) is 0 Å². The molecule has 0 saturated carbocycles. The fourth-order valence-corrected chi connectivity index (χ4v) is 1.46. The summed E-state index contributed by atoms with van der Waals surface area (Å²) in [5, 5.41) is 0.648. The number of pyridine rings is 1. The lowest BCUT2D eigenvalue weighted by molar-refractivity contribution is 0.146. The van der Waals surface area contributed by atoms with Crippen LogP contribution in [0.25, 0.3) is 0 Å². The fraction of sp³-hybridized carbons (Fsp3) is 0.375. The SMILES string of the molecule is Cc1nc(C(F)F)ccc1CBr. The predicted octanol–water partition coefficient (Wildman–Crippen LogP) is 3.22. The van der Waals surface area contributed by atoms with Gasteiger partial charge in [0.25, 0.3) is 6.43 Å². The van der Waals surface area contributed by atoms with Crippen LogP contribution < -0.4 is 0 Å². The van der Waals surface area contributed by atoms with Crippen LogP contribution in [-0.4, -0.2) is 4.98 Å². The van der Waals surface area contributed by atoms with Gasteiger partial charge in [-0.15, -0.1) is 0 Å². The second kappa shape index (κ2) is 3.94. The van der Waals surface area contributed by atoms with Gasteiger partial charge >= 0.3 is 0 Å². The molecule has 0 aliphatic heterocycles. The maximum Gasteiger partial charge on any atom is 0.280 e. The summed E-state index contributed by atoms with van der Waals surface area (Å²) in [4.78, 5) is 3.76. The summed E-state index contributed by atoms with van der Waals surface area (Å²) in [5.41, 5.74) is 1.45. The van der Waals surface area contributed by atoms with Crippen LogP contribution in [0, 0.1) is 6.92 Å². The highest BCUT2D eigenvalue weighted by Crippen LogP contribution is 2.18. The number of rotatable bonds is 2. The normalized spacial score (nSPS) is 10.8. The molecule has 0 unspecified atom stereocenters. The molecule has 66 valence electrons. The van der Waals surface area contributed by atoms with Gasteiger partial charge in [-0.2, -0.15) is 0 Å². The molecule has 0 bridgehead atoms. The van der Waals surface area contributed by atoms with E-state index >= 15 is 0 Å². The minimum atomic E-state index is -2.48. The molecule has 0 aliphatic carbocycles. The molecule has 12 heavy (non-hydrogen) atoms. The third-order valence-corrected chi connectivity index (χ3v) is 2.19. The summed E-state index contributed by atoms with van der Waals surface area (Å²) < 4.78 is 24.2. The summed E-state index contributed by atoms with van der Waals surface area (Å²) in [5.74, 6) is 0. The van der Waals surface area contributed by atoms with E-state index in [2.05, 4.69) is 20.9 Å². The van der Waals surface area contributed by atoms with Gasteiger partial charge in [0, 0.05) is 11.0 Å². The van der Waals surface area contributed by atoms with Crippen LogP contribution in [0.15, 0.2) is 12.1 Å². The van der Waals surface area contributed by atoms with Crippen LogP contribution in [0.4, 0.5) is 8.78 Å². The molecule has 0 radical (unpaired) electrons. The standard InChI is InChI=1S/C8H8BrF2N/c1-5-6(4-9)2-3-7(12-5)8(10)11/h2-3,8H,4H2,1H3. The maximum absolute atomic E-state index is 12.1. The van der Waals surface area contributed by atoms with Crippen LogP contribution in [0.5, 0.6) is 0 Å². The second-order valence-electron chi connectivity index (χ2n) is 2.41. The van der Waals surface area contributed by atoms with E-state index in [-0.39, 0.29) is 5.69 Å². The Labute approximate surface area is 77.9 Å². The summed E-state index contributed by atoms with van der Waals surface area (Å²) >= 11 is 3.24. The highest BCUT2D eigenvalue weighted by molar-refractivity contribution is 9.08. The Balaban J connectivity index is 3.02. The number of aromatic nitrogens is 1. The number of halogens is 3. The lowest BCUT2D eigenvalue weighted by atomic mass is 10.2. The van der Waals surface area contributed by atoms with Gasteiger partial charge in [-0.05, 0) is 18.6 Å². The molecular formula is C8H8BrF2N. The largest absolute Gasteiger partial charge is 0.280 e. The molecule has 0 atom stereocenters. The second-order valence-corrected chi connectivity index (χ2v) is 2.98. The van der Waals surface area contributed by atoms with E-state index in [1.54, 1.807) is 13.0 Å². The monoisotopic (exact) mass is 235 g/mol. The highest BCUT2D eigenvalue weighted by Gasteiger charge is 2.09. The molecular weight excluding hydrogens is 228 g/mol. The molecule has 1 rings (SSSR count). The van der Waals surface area contributed by atoms with Gasteiger partial charge in [-0.25, -0.2) is 8.78 Å². The van der Waals surface area contributed by atoms with E-state index < -0.39 is 6.43 Å². The molecule has 0 N–H and O–H groups in total. The minimum Gasteiger partial charge on any atom is -0.252 e. The van der Waals surface area contributed by atoms with Crippen molar-refractivity contribution in [3.8, 4) is 0 Å². The van der Waals surface area contributed by atoms with Crippen molar-refractivity contribution in [2.75, 3.05) is 0 Å². The number of nitrogens with zero attached hydrogens (tertiary/aromatic N) is 1. The molecule has 1 heterocycles. The van der Waals surface area contributed by atoms with Crippen molar-refractivity contribution in [2.45, 2.75) is 18.7 Å². The Morgan fingerprint density at radius 1 is 1.50 bits per heavy atom. The summed E-state index contributed by atoms with van der Waals surface area (Å²) in [6.45, 7) is 1.72. The van der Waals surface area contributed by atoms with Gasteiger partial charge in [0.15, 0.2) is 0 Å². The minimum absolute atomic E-state index is 0.155. The third-order valence-electron chi connectivity index (χ3n) is 1.58. The van der Waals surface area contributed by atoms with E-state index in [9.17, 15) is 8.78 Å². The van der Waals surface area contributed by atoms with E-state index in [0.29, 0.717) is 11.0 Å². The first-order valence-electron chi connectivity index (χ1n) is 3.45. The van der Waals surface area contributed by atoms with Crippen molar-refractivity contribution in [1.82, 2.24) is 4.98 Å². The van der Waals surface area contributed by atoms with Crippen molar-refractivity contribution in [1.29, 1.82) is 0 Å². The molecule has 1 nitrogen and oxygen atoms in total. The molecule has 0 aromatic carbocycles. The topological polar surface area (TPSA) is 12.9 Å². The zero-order valence-electron chi connectivity index (χ0n) is 6.52. The van der Waals surface area contributed by atoms with Crippen LogP contribution in [0.2, 0.25) is 0 Å². The first-order chi connectivity index (χ1) is 5.65. The Hall–Kier alpha value is -0.510. The van der Waals surface area contributed by atoms with E-state index in [0.717, 1.165) is 5.56 Å². The summed E-state index contributed by atoms with van der Waals surface area (Å²) in [7, 11) is 0. The van der Waals surface area contributed by atoms with Gasteiger partial charge in [0.05, 0.1) is 0 Å². The molecule has 4 heteroatoms. The predicted molar refractivity (Wildman–Crippen MR) is 46.6 cm³/mol. The van der Waals surface area contributed by atoms with Crippen LogP contribution in [-0.2, 0) is 5.33 Å². The highest BCUT2D eigenvalue weighted by atomic mass is 79.9. The number of hydrogen-bond donors (Lipinski definition) is 0. The Kier molecular flexibility index (Phi) is 3.14. The Morgan fingerprint density at radius 3 is 2.58 bits per heavy atom. The van der Waals surface area contributed by atoms with Crippen molar-refractivity contribution in [2.24, 2.45) is 0 Å². The molecule has 1 aromatic heterocycles. The summed E-state index contributed by atoms with van der Waals surface area (Å²) in [6.07, 6.45) is -2.48. The molecule has 0 saturated heterocycles. The molecule has 0 aliphatic rings. The average Bonchev–Trinajstić information content (AvgIpc) is 2.04. The Bertz CT molecular complexity index is 276. The molecule has 0 amide bonds. The van der Waals surface area contributed by atoms with Gasteiger partial charge in [-0.1, -0.05) is 22.0 Å². The molecule has 0 spiro atoms. The van der Waals surface area contributed by atoms with Gasteiger partial charge in [0.1, 0.15) is 5.69 Å². The van der Waals surface area contributed by atoms with Crippen LogP contribution >= 0.6 is 15.9 Å². The number of alkyl halides is 3. The zero-order valence-corrected chi connectivity index (χ0v) is 8.11. The Morgan fingerprint density at radius 2 is 2.17 bits per heavy atom. The van der Waals surface area contributed by atoms with Crippen LogP contribution in [0.1, 0.15) is 23.4 Å². The van der Waals surface area contributed by atoms with E-state index in [1.165, 1.54) is 6.07 Å². The van der Waals surface area contributed by atoms with Gasteiger partial charge in [0.2, 0.25) is 0 Å². The van der Waals surface area contributed by atoms with Crippen LogP contribution in [0.3, 0.4) is 0 Å². The smallest absolute Gasteiger partial charge is 0.252 e. The quantitative estimate of drug-likeness (QED) is 0.718. The first kappa shape index (κ1) is 9.58. The number of hydrogen-bond acceptors (Lipinski definition) is 1. The van der Waals surface area contributed by atoms with Crippen molar-refractivity contribution in [3.05, 3.63) is 29.1 Å². The van der Waals surface area contributed by atoms with Crippen molar-refractivity contribution < 1.29 is 8.78 Å². The van der Waals surface area contributed by atoms with Crippen molar-refractivity contribution >= 4 is 15.9 Å². The summed E-state index contributed by atoms with van der Waals surface area (Å²) in [6, 6.07) is 3.02. The van der Waals surface area contributed by atoms with E-state index in [4.69, 9.17) is 0 Å². The molecule has 1 aromatic rings. The number of aryl methyl sites for hydroxylation is 1. The van der Waals surface area contributed by atoms with Gasteiger partial charge < -0.3 is 0 Å². The fourth-order valence-electron chi connectivity index (χ4n) is 0.872. The lowest BCUT2D eigenvalue weighted by Gasteiger charge is -2.03. The lowest BCUT2D eigenvalue weighted by Crippen LogP contribution is -1.95. The zero-order chi connectivity index (χ0) is 9.14. The molecule has 0 fully saturated rings. The third kappa shape index (κ3) is 2.00. The van der Waals surface area contributed by atoms with Gasteiger partial charge in [-0.3, -0.25) is 4.98 Å². The average molecular weight is 236 g/mol. The first-order valence-corrected chi connectivity index (χ1v) is 4.58. The maximum atomic E-state index is 12.1. The van der Waals surface area contributed by atoms with E-state index in [1.807, 2.05) is 0 Å².